The molecule has 3 fully saturated rings. The first kappa shape index (κ1) is 35.3. The molecule has 1 saturated carbocycles. The number of rotatable bonds is 8. The molecule has 45 heavy (non-hydrogen) atoms. The number of aliphatic carboxylic acids is 1. The number of aromatic nitrogens is 2. The predicted octanol–water partition coefficient (Wildman–Crippen LogP) is -7.59. The molecule has 4 aliphatic rings. The summed E-state index contributed by atoms with van der Waals surface area (Å²) >= 11 is 0. The van der Waals surface area contributed by atoms with Gasteiger partial charge in [0.05, 0.1) is 52.7 Å². The zero-order valence-corrected chi connectivity index (χ0v) is 29.2. The van der Waals surface area contributed by atoms with E-state index in [4.69, 9.17) is 4.74 Å². The number of carbonyl (C=O) groups excluding carboxylic acids is 4. The summed E-state index contributed by atoms with van der Waals surface area (Å²) < 4.78 is 22.1. The second-order valence-corrected chi connectivity index (χ2v) is 11.5. The first-order valence-electron chi connectivity index (χ1n) is 14.0. The number of amides is 2. The number of carbonyl (C=O) groups is 4. The standard InChI is InChI=1S/C28H30FN5O9.2Na/c1-11-17(21(27(40)41)34-20(11)19(12(2)35)25(34)37)10-43-28(42)30-13-5-6-32(8-13)24-18(29)7-15-22(36)16(26(38)39)9-33(14-3-4-14)23(15)31-24;;/h7,9,11-14,19-20,35H,3-6,8,10H2,1-2H3,(H,30,42)(H,38,39)(H,40,41);;/q;2*+1/p-2/t11-,12+,13?,19-,20+;;/m1../s1. The van der Waals surface area contributed by atoms with E-state index >= 15 is 4.39 Å². The van der Waals surface area contributed by atoms with E-state index in [0.29, 0.717) is 13.0 Å². The summed E-state index contributed by atoms with van der Waals surface area (Å²) in [5.41, 5.74) is -1.43. The van der Waals surface area contributed by atoms with Crippen LogP contribution in [0.25, 0.3) is 11.0 Å². The minimum absolute atomic E-state index is 0. The minimum Gasteiger partial charge on any atom is -0.545 e. The maximum atomic E-state index is 15.2. The van der Waals surface area contributed by atoms with Crippen LogP contribution in [0.3, 0.4) is 0 Å². The van der Waals surface area contributed by atoms with Gasteiger partial charge in [-0.05, 0) is 37.8 Å². The maximum absolute atomic E-state index is 15.2. The number of nitrogens with one attached hydrogen (secondary N) is 1. The fraction of sp³-hybridized carbons (Fsp3) is 0.500. The van der Waals surface area contributed by atoms with Crippen molar-refractivity contribution in [2.75, 3.05) is 24.6 Å². The van der Waals surface area contributed by atoms with E-state index in [9.17, 15) is 39.3 Å². The van der Waals surface area contributed by atoms with Crippen molar-refractivity contribution in [2.45, 2.75) is 57.3 Å². The normalized spacial score (nSPS) is 24.4. The number of β-lactam (4-membered cyclic amide) rings is 1. The Bertz CT molecular complexity index is 1680. The molecule has 1 unspecified atom stereocenters. The van der Waals surface area contributed by atoms with Crippen LogP contribution in [0, 0.1) is 17.7 Å². The summed E-state index contributed by atoms with van der Waals surface area (Å²) in [7, 11) is 0. The number of nitrogens with zero attached hydrogens (tertiary/aromatic N) is 4. The molecule has 5 atom stereocenters. The number of carboxylic acids is 2. The van der Waals surface area contributed by atoms with Gasteiger partial charge in [-0.15, -0.1) is 0 Å². The average molecular weight is 644 g/mol. The van der Waals surface area contributed by atoms with Crippen molar-refractivity contribution in [3.05, 3.63) is 45.1 Å². The number of hydrogen-bond donors (Lipinski definition) is 2. The van der Waals surface area contributed by atoms with E-state index in [-0.39, 0.29) is 99.8 Å². The number of anilines is 1. The molecule has 2 saturated heterocycles. The van der Waals surface area contributed by atoms with E-state index in [1.807, 2.05) is 0 Å². The van der Waals surface area contributed by atoms with Crippen LogP contribution < -0.4 is 85.0 Å². The number of halogens is 1. The van der Waals surface area contributed by atoms with E-state index < -0.39 is 77.4 Å². The number of aliphatic hydroxyl groups excluding tert-OH is 1. The third kappa shape index (κ3) is 6.15. The molecule has 14 nitrogen and oxygen atoms in total. The molecule has 2 aromatic heterocycles. The van der Waals surface area contributed by atoms with Gasteiger partial charge < -0.3 is 49.3 Å². The number of carboxylic acid groups (broad SMARTS) is 2. The summed E-state index contributed by atoms with van der Waals surface area (Å²) in [4.78, 5) is 68.1. The van der Waals surface area contributed by atoms with Crippen molar-refractivity contribution in [3.8, 4) is 0 Å². The SMILES string of the molecule is C[C@H](O)[C@H]1C(=O)N2C(C(=O)[O-])=C(COC(=O)NC3CCN(c4nc5c(cc4F)c(=O)c(C(=O)[O-])cn5C4CC4)C3)[C@@H](C)[C@@H]12.[Na+].[Na+]. The van der Waals surface area contributed by atoms with Crippen LogP contribution >= 0.6 is 0 Å². The Morgan fingerprint density at radius 3 is 2.47 bits per heavy atom. The van der Waals surface area contributed by atoms with Gasteiger partial charge in [0, 0.05) is 31.2 Å². The molecule has 0 spiro atoms. The average Bonchev–Trinajstić information content (AvgIpc) is 3.62. The van der Waals surface area contributed by atoms with Crippen molar-refractivity contribution in [3.63, 3.8) is 0 Å². The minimum atomic E-state index is -1.65. The monoisotopic (exact) mass is 643 g/mol. The molecule has 5 heterocycles. The molecular formula is C28H28FN5Na2O9. The van der Waals surface area contributed by atoms with Gasteiger partial charge in [0.2, 0.25) is 5.91 Å². The van der Waals surface area contributed by atoms with Gasteiger partial charge in [0.1, 0.15) is 12.3 Å². The van der Waals surface area contributed by atoms with Crippen LogP contribution in [0.1, 0.15) is 49.5 Å². The number of pyridine rings is 2. The second-order valence-electron chi connectivity index (χ2n) is 11.5. The van der Waals surface area contributed by atoms with Gasteiger partial charge in [-0.25, -0.2) is 14.2 Å². The molecule has 17 heteroatoms. The summed E-state index contributed by atoms with van der Waals surface area (Å²) in [6.07, 6.45) is 1.28. The molecule has 2 aromatic rings. The number of aliphatic hydroxyl groups is 1. The van der Waals surface area contributed by atoms with Gasteiger partial charge in [-0.1, -0.05) is 6.92 Å². The number of alkyl carbamates (subject to hydrolysis) is 1. The van der Waals surface area contributed by atoms with Crippen LogP contribution in [0.15, 0.2) is 28.3 Å². The summed E-state index contributed by atoms with van der Waals surface area (Å²) in [6.45, 7) is 3.19. The zero-order chi connectivity index (χ0) is 30.9. The fourth-order valence-electron chi connectivity index (χ4n) is 6.48. The molecule has 228 valence electrons. The Morgan fingerprint density at radius 1 is 1.18 bits per heavy atom. The van der Waals surface area contributed by atoms with Crippen molar-refractivity contribution in [2.24, 2.45) is 11.8 Å². The van der Waals surface area contributed by atoms with Gasteiger partial charge >= 0.3 is 65.2 Å². The quantitative estimate of drug-likeness (QED) is 0.205. The molecule has 2 amide bonds. The molecule has 1 aliphatic carbocycles. The van der Waals surface area contributed by atoms with E-state index in [2.05, 4.69) is 10.3 Å². The second kappa shape index (κ2) is 13.3. The van der Waals surface area contributed by atoms with E-state index in [0.717, 1.165) is 23.8 Å². The summed E-state index contributed by atoms with van der Waals surface area (Å²) in [5, 5.41) is 35.8. The van der Waals surface area contributed by atoms with Crippen LogP contribution in [0.2, 0.25) is 0 Å². The van der Waals surface area contributed by atoms with Crippen LogP contribution in [-0.4, -0.2) is 81.4 Å². The first-order chi connectivity index (χ1) is 20.4. The van der Waals surface area contributed by atoms with Gasteiger partial charge in [-0.3, -0.25) is 9.59 Å². The first-order valence-corrected chi connectivity index (χ1v) is 14.0. The molecule has 3 aliphatic heterocycles. The number of aromatic carboxylic acids is 1. The van der Waals surface area contributed by atoms with Crippen LogP contribution in [0.4, 0.5) is 15.0 Å². The smallest absolute Gasteiger partial charge is 0.545 e. The van der Waals surface area contributed by atoms with E-state index in [1.165, 1.54) is 13.1 Å². The van der Waals surface area contributed by atoms with Gasteiger partial charge in [0.15, 0.2) is 17.1 Å². The summed E-state index contributed by atoms with van der Waals surface area (Å²) in [6, 6.07) is -0.138. The predicted molar refractivity (Wildman–Crippen MR) is 141 cm³/mol. The summed E-state index contributed by atoms with van der Waals surface area (Å²) in [5.74, 6) is -5.88. The van der Waals surface area contributed by atoms with Gasteiger partial charge in [0.25, 0.3) is 0 Å². The molecular weight excluding hydrogens is 615 g/mol. The number of fused-ring (bicyclic) bond motifs is 2. The molecule has 2 N–H and O–H groups in total. The molecule has 6 rings (SSSR count). The third-order valence-corrected chi connectivity index (χ3v) is 8.78. The van der Waals surface area contributed by atoms with Crippen molar-refractivity contribution >= 4 is 40.8 Å². The molecule has 0 bridgehead atoms. The molecule has 0 aromatic carbocycles. The number of ether oxygens (including phenoxy) is 1. The van der Waals surface area contributed by atoms with Crippen molar-refractivity contribution < 1.29 is 103 Å². The van der Waals surface area contributed by atoms with Crippen molar-refractivity contribution in [1.82, 2.24) is 19.8 Å². The number of hydrogen-bond acceptors (Lipinski definition) is 11. The van der Waals surface area contributed by atoms with Crippen molar-refractivity contribution in [1.29, 1.82) is 0 Å². The van der Waals surface area contributed by atoms with Crippen LogP contribution in [-0.2, 0) is 14.3 Å². The Labute approximate surface area is 300 Å². The fourth-order valence-corrected chi connectivity index (χ4v) is 6.48. The zero-order valence-electron chi connectivity index (χ0n) is 25.2. The Morgan fingerprint density at radius 2 is 1.87 bits per heavy atom. The Hall–Kier alpha value is -2.53. The Balaban J connectivity index is 0.00000230. The topological polar surface area (TPSA) is 197 Å². The van der Waals surface area contributed by atoms with E-state index in [1.54, 1.807) is 16.4 Å². The maximum Gasteiger partial charge on any atom is 1.00 e. The third-order valence-electron chi connectivity index (χ3n) is 8.78. The molecule has 0 radical (unpaired) electrons. The van der Waals surface area contributed by atoms with Gasteiger partial charge in [-0.2, -0.15) is 0 Å². The van der Waals surface area contributed by atoms with Crippen LogP contribution in [0.5, 0.6) is 0 Å². The Kier molecular flexibility index (Phi) is 10.4. The largest absolute Gasteiger partial charge is 1.00 e.